The Kier molecular flexibility index (Phi) is 4.91. The summed E-state index contributed by atoms with van der Waals surface area (Å²) in [7, 11) is 1.64. The minimum absolute atomic E-state index is 0.101. The van der Waals surface area contributed by atoms with Crippen molar-refractivity contribution in [2.75, 3.05) is 12.4 Å². The number of carbonyl (C=O) groups excluding carboxylic acids is 1. The van der Waals surface area contributed by atoms with E-state index in [9.17, 15) is 4.79 Å². The van der Waals surface area contributed by atoms with Gasteiger partial charge in [-0.1, -0.05) is 31.2 Å². The fraction of sp³-hybridized carbons (Fsp3) is 0.235. The molecule has 0 spiro atoms. The third kappa shape index (κ3) is 3.68. The van der Waals surface area contributed by atoms with Crippen molar-refractivity contribution >= 4 is 11.6 Å². The minimum Gasteiger partial charge on any atom is -0.380 e. The van der Waals surface area contributed by atoms with Crippen LogP contribution in [0.1, 0.15) is 28.4 Å². The first-order chi connectivity index (χ1) is 9.72. The van der Waals surface area contributed by atoms with E-state index in [4.69, 9.17) is 4.74 Å². The van der Waals surface area contributed by atoms with Crippen molar-refractivity contribution in [3.8, 4) is 0 Å². The number of hydrogen-bond donors (Lipinski definition) is 1. The SMILES string of the molecule is CCc1cccc(NC(=O)c2cccc(COC)c2)c1. The summed E-state index contributed by atoms with van der Waals surface area (Å²) in [6.45, 7) is 2.60. The third-order valence-electron chi connectivity index (χ3n) is 3.09. The molecule has 0 fully saturated rings. The summed E-state index contributed by atoms with van der Waals surface area (Å²) in [6.07, 6.45) is 0.951. The second-order valence-corrected chi connectivity index (χ2v) is 4.64. The van der Waals surface area contributed by atoms with E-state index in [1.165, 1.54) is 5.56 Å². The maximum absolute atomic E-state index is 12.2. The lowest BCUT2D eigenvalue weighted by Crippen LogP contribution is -2.12. The molecule has 0 heterocycles. The van der Waals surface area contributed by atoms with Crippen LogP contribution in [-0.2, 0) is 17.8 Å². The van der Waals surface area contributed by atoms with Crippen LogP contribution < -0.4 is 5.32 Å². The zero-order valence-electron chi connectivity index (χ0n) is 11.8. The van der Waals surface area contributed by atoms with Gasteiger partial charge in [-0.2, -0.15) is 0 Å². The fourth-order valence-corrected chi connectivity index (χ4v) is 2.04. The van der Waals surface area contributed by atoms with E-state index in [0.717, 1.165) is 17.7 Å². The van der Waals surface area contributed by atoms with Crippen molar-refractivity contribution in [3.63, 3.8) is 0 Å². The van der Waals surface area contributed by atoms with E-state index in [-0.39, 0.29) is 5.91 Å². The van der Waals surface area contributed by atoms with Crippen LogP contribution in [-0.4, -0.2) is 13.0 Å². The molecule has 3 heteroatoms. The summed E-state index contributed by atoms with van der Waals surface area (Å²) in [6, 6.07) is 15.4. The molecule has 2 rings (SSSR count). The molecule has 1 N–H and O–H groups in total. The molecule has 0 radical (unpaired) electrons. The van der Waals surface area contributed by atoms with Gasteiger partial charge in [0.1, 0.15) is 0 Å². The molecule has 0 unspecified atom stereocenters. The van der Waals surface area contributed by atoms with Gasteiger partial charge in [-0.05, 0) is 41.8 Å². The van der Waals surface area contributed by atoms with Gasteiger partial charge in [0.25, 0.3) is 5.91 Å². The van der Waals surface area contributed by atoms with Crippen molar-refractivity contribution in [1.82, 2.24) is 0 Å². The second-order valence-electron chi connectivity index (χ2n) is 4.64. The Balaban J connectivity index is 2.12. The maximum Gasteiger partial charge on any atom is 0.255 e. The van der Waals surface area contributed by atoms with Gasteiger partial charge in [0.05, 0.1) is 6.61 Å². The van der Waals surface area contributed by atoms with Gasteiger partial charge >= 0.3 is 0 Å². The zero-order valence-corrected chi connectivity index (χ0v) is 11.8. The number of anilines is 1. The Morgan fingerprint density at radius 2 is 1.85 bits per heavy atom. The quantitative estimate of drug-likeness (QED) is 0.899. The first-order valence-corrected chi connectivity index (χ1v) is 6.71. The lowest BCUT2D eigenvalue weighted by Gasteiger charge is -2.08. The summed E-state index contributed by atoms with van der Waals surface area (Å²) < 4.78 is 5.08. The summed E-state index contributed by atoms with van der Waals surface area (Å²) in [5.41, 5.74) is 3.66. The highest BCUT2D eigenvalue weighted by Crippen LogP contribution is 2.13. The number of aryl methyl sites for hydroxylation is 1. The average molecular weight is 269 g/mol. The predicted molar refractivity (Wildman–Crippen MR) is 80.9 cm³/mol. The number of methoxy groups -OCH3 is 1. The normalized spacial score (nSPS) is 10.3. The van der Waals surface area contributed by atoms with Crippen LogP contribution in [0.4, 0.5) is 5.69 Å². The topological polar surface area (TPSA) is 38.3 Å². The highest BCUT2D eigenvalue weighted by molar-refractivity contribution is 6.04. The maximum atomic E-state index is 12.2. The fourth-order valence-electron chi connectivity index (χ4n) is 2.04. The van der Waals surface area contributed by atoms with Crippen molar-refractivity contribution in [3.05, 3.63) is 65.2 Å². The Morgan fingerprint density at radius 3 is 2.60 bits per heavy atom. The zero-order chi connectivity index (χ0) is 14.4. The molecule has 2 aromatic rings. The van der Waals surface area contributed by atoms with Gasteiger partial charge in [-0.25, -0.2) is 0 Å². The van der Waals surface area contributed by atoms with Gasteiger partial charge in [-0.15, -0.1) is 0 Å². The van der Waals surface area contributed by atoms with E-state index < -0.39 is 0 Å². The summed E-state index contributed by atoms with van der Waals surface area (Å²) in [5.74, 6) is -0.101. The van der Waals surface area contributed by atoms with Crippen LogP contribution in [0.3, 0.4) is 0 Å². The predicted octanol–water partition coefficient (Wildman–Crippen LogP) is 3.65. The average Bonchev–Trinajstić information content (AvgIpc) is 2.48. The molecule has 104 valence electrons. The highest BCUT2D eigenvalue weighted by Gasteiger charge is 2.07. The molecule has 0 saturated carbocycles. The molecular weight excluding hydrogens is 250 g/mol. The number of benzene rings is 2. The van der Waals surface area contributed by atoms with Crippen molar-refractivity contribution < 1.29 is 9.53 Å². The molecule has 0 bridgehead atoms. The molecule has 0 saturated heterocycles. The van der Waals surface area contributed by atoms with Gasteiger partial charge in [0.2, 0.25) is 0 Å². The van der Waals surface area contributed by atoms with Crippen LogP contribution in [0.15, 0.2) is 48.5 Å². The monoisotopic (exact) mass is 269 g/mol. The van der Waals surface area contributed by atoms with Crippen LogP contribution in [0.5, 0.6) is 0 Å². The van der Waals surface area contributed by atoms with Crippen molar-refractivity contribution in [2.45, 2.75) is 20.0 Å². The Bertz CT molecular complexity index is 593. The van der Waals surface area contributed by atoms with E-state index in [0.29, 0.717) is 12.2 Å². The second kappa shape index (κ2) is 6.87. The molecule has 0 aliphatic rings. The number of hydrogen-bond acceptors (Lipinski definition) is 2. The van der Waals surface area contributed by atoms with Gasteiger partial charge in [0.15, 0.2) is 0 Å². The smallest absolute Gasteiger partial charge is 0.255 e. The highest BCUT2D eigenvalue weighted by atomic mass is 16.5. The van der Waals surface area contributed by atoms with Crippen molar-refractivity contribution in [2.24, 2.45) is 0 Å². The van der Waals surface area contributed by atoms with E-state index >= 15 is 0 Å². The molecule has 0 aliphatic heterocycles. The number of amides is 1. The molecule has 2 aromatic carbocycles. The number of ether oxygens (including phenoxy) is 1. The van der Waals surface area contributed by atoms with Crippen LogP contribution in [0, 0.1) is 0 Å². The number of carbonyl (C=O) groups is 1. The van der Waals surface area contributed by atoms with Gasteiger partial charge in [0, 0.05) is 18.4 Å². The molecule has 3 nitrogen and oxygen atoms in total. The first-order valence-electron chi connectivity index (χ1n) is 6.71. The first kappa shape index (κ1) is 14.3. The molecule has 20 heavy (non-hydrogen) atoms. The summed E-state index contributed by atoms with van der Waals surface area (Å²) in [4.78, 5) is 12.2. The minimum atomic E-state index is -0.101. The number of nitrogens with one attached hydrogen (secondary N) is 1. The molecule has 1 amide bonds. The summed E-state index contributed by atoms with van der Waals surface area (Å²) in [5, 5.41) is 2.92. The molecule has 0 aliphatic carbocycles. The van der Waals surface area contributed by atoms with E-state index in [2.05, 4.69) is 18.3 Å². The largest absolute Gasteiger partial charge is 0.380 e. The lowest BCUT2D eigenvalue weighted by atomic mass is 10.1. The van der Waals surface area contributed by atoms with Crippen LogP contribution >= 0.6 is 0 Å². The van der Waals surface area contributed by atoms with Crippen LogP contribution in [0.25, 0.3) is 0 Å². The Labute approximate surface area is 119 Å². The molecular formula is C17H19NO2. The molecule has 0 atom stereocenters. The van der Waals surface area contributed by atoms with E-state index in [1.807, 2.05) is 36.4 Å². The standard InChI is InChI=1S/C17H19NO2/c1-3-13-6-5-9-16(11-13)18-17(19)15-8-4-7-14(10-15)12-20-2/h4-11H,3,12H2,1-2H3,(H,18,19). The lowest BCUT2D eigenvalue weighted by molar-refractivity contribution is 0.102. The van der Waals surface area contributed by atoms with Crippen molar-refractivity contribution in [1.29, 1.82) is 0 Å². The van der Waals surface area contributed by atoms with Gasteiger partial charge < -0.3 is 10.1 Å². The number of rotatable bonds is 5. The Hall–Kier alpha value is -2.13. The van der Waals surface area contributed by atoms with E-state index in [1.54, 1.807) is 13.2 Å². The van der Waals surface area contributed by atoms with Gasteiger partial charge in [-0.3, -0.25) is 4.79 Å². The summed E-state index contributed by atoms with van der Waals surface area (Å²) >= 11 is 0. The molecule has 0 aromatic heterocycles. The Morgan fingerprint density at radius 1 is 1.10 bits per heavy atom. The third-order valence-corrected chi connectivity index (χ3v) is 3.09. The van der Waals surface area contributed by atoms with Crippen LogP contribution in [0.2, 0.25) is 0 Å².